The summed E-state index contributed by atoms with van der Waals surface area (Å²) in [7, 11) is 1.42. The van der Waals surface area contributed by atoms with E-state index in [0.29, 0.717) is 28.6 Å². The number of carbonyl (C=O) groups is 3. The van der Waals surface area contributed by atoms with Crippen LogP contribution in [0.1, 0.15) is 29.8 Å². The Balaban J connectivity index is 1.88. The summed E-state index contributed by atoms with van der Waals surface area (Å²) >= 11 is 12.2. The average Bonchev–Trinajstić information content (AvgIpc) is 2.77. The highest BCUT2D eigenvalue weighted by atomic mass is 35.5. The molecule has 0 aliphatic carbocycles. The molecule has 0 radical (unpaired) electrons. The van der Waals surface area contributed by atoms with Crippen LogP contribution in [-0.2, 0) is 14.3 Å². The lowest BCUT2D eigenvalue weighted by Gasteiger charge is -2.15. The summed E-state index contributed by atoms with van der Waals surface area (Å²) in [5.74, 6) is -1.01. The van der Waals surface area contributed by atoms with Gasteiger partial charge in [-0.1, -0.05) is 43.1 Å². The smallest absolute Gasteiger partial charge is 0.338 e. The molecule has 0 unspecified atom stereocenters. The predicted octanol–water partition coefficient (Wildman–Crippen LogP) is 4.26. The van der Waals surface area contributed by atoms with E-state index in [4.69, 9.17) is 37.4 Å². The molecule has 0 aliphatic heterocycles. The second-order valence-electron chi connectivity index (χ2n) is 7.51. The standard InChI is InChI=1S/C23H26Cl2N2O6/c1-13(2)11-32-22-17(25)8-15(9-19(22)31-4)23(30)33-12-21(29)26-10-20(28)27-18-7-5-6-16(24)14(18)3/h5-9,13H,10-12H2,1-4H3,(H,26,29)(H,27,28). The van der Waals surface area contributed by atoms with Crippen molar-refractivity contribution < 1.29 is 28.6 Å². The quantitative estimate of drug-likeness (QED) is 0.476. The zero-order valence-electron chi connectivity index (χ0n) is 18.8. The minimum Gasteiger partial charge on any atom is -0.493 e. The van der Waals surface area contributed by atoms with Gasteiger partial charge in [0.25, 0.3) is 5.91 Å². The van der Waals surface area contributed by atoms with E-state index in [2.05, 4.69) is 10.6 Å². The Morgan fingerprint density at radius 2 is 1.79 bits per heavy atom. The maximum Gasteiger partial charge on any atom is 0.338 e. The van der Waals surface area contributed by atoms with Crippen LogP contribution < -0.4 is 20.1 Å². The molecular weight excluding hydrogens is 471 g/mol. The van der Waals surface area contributed by atoms with Crippen LogP contribution in [0.5, 0.6) is 11.5 Å². The molecule has 2 N–H and O–H groups in total. The lowest BCUT2D eigenvalue weighted by Crippen LogP contribution is -2.35. The molecule has 2 aromatic carbocycles. The Morgan fingerprint density at radius 3 is 2.45 bits per heavy atom. The number of methoxy groups -OCH3 is 1. The molecule has 10 heteroatoms. The highest BCUT2D eigenvalue weighted by Crippen LogP contribution is 2.37. The minimum atomic E-state index is -0.778. The van der Waals surface area contributed by atoms with Crippen LogP contribution in [0.25, 0.3) is 0 Å². The molecule has 2 amide bonds. The summed E-state index contributed by atoms with van der Waals surface area (Å²) in [6.07, 6.45) is 0. The minimum absolute atomic E-state index is 0.0933. The van der Waals surface area contributed by atoms with Crippen LogP contribution in [0.4, 0.5) is 5.69 Å². The van der Waals surface area contributed by atoms with Crippen molar-refractivity contribution >= 4 is 46.7 Å². The molecule has 33 heavy (non-hydrogen) atoms. The van der Waals surface area contributed by atoms with Crippen molar-refractivity contribution in [2.45, 2.75) is 20.8 Å². The molecule has 8 nitrogen and oxygen atoms in total. The third kappa shape index (κ3) is 7.83. The number of esters is 1. The lowest BCUT2D eigenvalue weighted by atomic mass is 10.2. The second-order valence-corrected chi connectivity index (χ2v) is 8.32. The van der Waals surface area contributed by atoms with Crippen LogP contribution in [0.15, 0.2) is 30.3 Å². The van der Waals surface area contributed by atoms with Crippen molar-refractivity contribution in [1.29, 1.82) is 0 Å². The molecule has 0 saturated heterocycles. The van der Waals surface area contributed by atoms with Gasteiger partial charge in [0.2, 0.25) is 5.91 Å². The molecule has 0 bridgehead atoms. The third-order valence-corrected chi connectivity index (χ3v) is 5.04. The van der Waals surface area contributed by atoms with Crippen molar-refractivity contribution in [3.05, 3.63) is 51.5 Å². The SMILES string of the molecule is COc1cc(C(=O)OCC(=O)NCC(=O)Nc2cccc(Cl)c2C)cc(Cl)c1OCC(C)C. The monoisotopic (exact) mass is 496 g/mol. The molecule has 0 atom stereocenters. The summed E-state index contributed by atoms with van der Waals surface area (Å²) < 4.78 is 15.9. The summed E-state index contributed by atoms with van der Waals surface area (Å²) in [4.78, 5) is 36.4. The number of anilines is 1. The van der Waals surface area contributed by atoms with Gasteiger partial charge in [-0.05, 0) is 42.7 Å². The first-order valence-electron chi connectivity index (χ1n) is 10.1. The van der Waals surface area contributed by atoms with Crippen LogP contribution in [0.3, 0.4) is 0 Å². The summed E-state index contributed by atoms with van der Waals surface area (Å²) in [6, 6.07) is 7.90. The maximum atomic E-state index is 12.3. The van der Waals surface area contributed by atoms with Crippen molar-refractivity contribution in [2.75, 3.05) is 32.2 Å². The van der Waals surface area contributed by atoms with Gasteiger partial charge in [0.05, 0.1) is 30.8 Å². The largest absolute Gasteiger partial charge is 0.493 e. The van der Waals surface area contributed by atoms with Gasteiger partial charge < -0.3 is 24.8 Å². The van der Waals surface area contributed by atoms with Crippen LogP contribution in [0, 0.1) is 12.8 Å². The van der Waals surface area contributed by atoms with Crippen LogP contribution in [-0.4, -0.2) is 44.7 Å². The highest BCUT2D eigenvalue weighted by Gasteiger charge is 2.18. The van der Waals surface area contributed by atoms with Gasteiger partial charge in [-0.2, -0.15) is 0 Å². The van der Waals surface area contributed by atoms with E-state index in [1.165, 1.54) is 19.2 Å². The molecule has 2 aromatic rings. The number of carbonyl (C=O) groups excluding carboxylic acids is 3. The zero-order chi connectivity index (χ0) is 24.5. The van der Waals surface area contributed by atoms with Crippen molar-refractivity contribution in [2.24, 2.45) is 5.92 Å². The molecule has 0 heterocycles. The normalized spacial score (nSPS) is 10.5. The first kappa shape index (κ1) is 26.3. The number of halogens is 2. The number of hydrogen-bond acceptors (Lipinski definition) is 6. The number of hydrogen-bond donors (Lipinski definition) is 2. The fourth-order valence-corrected chi connectivity index (χ4v) is 3.05. The number of amides is 2. The van der Waals surface area contributed by atoms with Crippen molar-refractivity contribution in [3.63, 3.8) is 0 Å². The lowest BCUT2D eigenvalue weighted by molar-refractivity contribution is -0.126. The molecule has 0 aromatic heterocycles. The first-order valence-corrected chi connectivity index (χ1v) is 10.9. The van der Waals surface area contributed by atoms with Gasteiger partial charge >= 0.3 is 5.97 Å². The van der Waals surface area contributed by atoms with Gasteiger partial charge in [0.1, 0.15) is 0 Å². The molecule has 178 valence electrons. The van der Waals surface area contributed by atoms with E-state index >= 15 is 0 Å². The Labute approximate surface area is 202 Å². The Morgan fingerprint density at radius 1 is 1.06 bits per heavy atom. The summed E-state index contributed by atoms with van der Waals surface area (Å²) in [6.45, 7) is 5.28. The average molecular weight is 497 g/mol. The molecule has 0 fully saturated rings. The number of nitrogens with one attached hydrogen (secondary N) is 2. The van der Waals surface area contributed by atoms with Gasteiger partial charge in [-0.25, -0.2) is 4.79 Å². The van der Waals surface area contributed by atoms with Gasteiger partial charge in [-0.3, -0.25) is 9.59 Å². The third-order valence-electron chi connectivity index (χ3n) is 4.35. The molecule has 0 spiro atoms. The number of rotatable bonds is 10. The Bertz CT molecular complexity index is 1030. The Kier molecular flexibility index (Phi) is 9.81. The van der Waals surface area contributed by atoms with Crippen LogP contribution >= 0.6 is 23.2 Å². The van der Waals surface area contributed by atoms with Crippen molar-refractivity contribution in [1.82, 2.24) is 5.32 Å². The fraction of sp³-hybridized carbons (Fsp3) is 0.348. The molecular formula is C23H26Cl2N2O6. The first-order chi connectivity index (χ1) is 15.6. The van der Waals surface area contributed by atoms with E-state index < -0.39 is 24.4 Å². The molecule has 0 aliphatic rings. The van der Waals surface area contributed by atoms with E-state index in [9.17, 15) is 14.4 Å². The Hall–Kier alpha value is -2.97. The predicted molar refractivity (Wildman–Crippen MR) is 126 cm³/mol. The zero-order valence-corrected chi connectivity index (χ0v) is 20.3. The summed E-state index contributed by atoms with van der Waals surface area (Å²) in [5, 5.41) is 5.73. The van der Waals surface area contributed by atoms with Crippen LogP contribution in [0.2, 0.25) is 10.0 Å². The van der Waals surface area contributed by atoms with Gasteiger partial charge in [0, 0.05) is 10.7 Å². The van der Waals surface area contributed by atoms with E-state index in [1.54, 1.807) is 25.1 Å². The van der Waals surface area contributed by atoms with E-state index in [-0.39, 0.29) is 28.8 Å². The highest BCUT2D eigenvalue weighted by molar-refractivity contribution is 6.32. The maximum absolute atomic E-state index is 12.3. The van der Waals surface area contributed by atoms with Gasteiger partial charge in [-0.15, -0.1) is 0 Å². The van der Waals surface area contributed by atoms with Gasteiger partial charge in [0.15, 0.2) is 18.1 Å². The van der Waals surface area contributed by atoms with E-state index in [1.807, 2.05) is 13.8 Å². The number of benzene rings is 2. The van der Waals surface area contributed by atoms with Crippen molar-refractivity contribution in [3.8, 4) is 11.5 Å². The topological polar surface area (TPSA) is 103 Å². The molecule has 0 saturated carbocycles. The molecule has 2 rings (SSSR count). The number of ether oxygens (including phenoxy) is 3. The second kappa shape index (κ2) is 12.3. The summed E-state index contributed by atoms with van der Waals surface area (Å²) in [5.41, 5.74) is 1.35. The fourth-order valence-electron chi connectivity index (χ4n) is 2.61. The van der Waals surface area contributed by atoms with E-state index in [0.717, 1.165) is 0 Å².